The van der Waals surface area contributed by atoms with Crippen LogP contribution in [-0.2, 0) is 0 Å². The number of ether oxygens (including phenoxy) is 1. The van der Waals surface area contributed by atoms with Gasteiger partial charge in [-0.05, 0) is 31.5 Å². The van der Waals surface area contributed by atoms with E-state index in [2.05, 4.69) is 19.2 Å². The third-order valence-corrected chi connectivity index (χ3v) is 3.11. The summed E-state index contributed by atoms with van der Waals surface area (Å²) in [5, 5.41) is 3.51. The highest BCUT2D eigenvalue weighted by molar-refractivity contribution is 5.38. The maximum Gasteiger partial charge on any atom is 0.124 e. The molecule has 0 amide bonds. The molecule has 88 valence electrons. The van der Waals surface area contributed by atoms with Crippen molar-refractivity contribution in [3.8, 4) is 5.75 Å². The summed E-state index contributed by atoms with van der Waals surface area (Å²) in [5.41, 5.74) is 0.951. The van der Waals surface area contributed by atoms with E-state index < -0.39 is 0 Å². The molecule has 2 atom stereocenters. The van der Waals surface area contributed by atoms with Crippen LogP contribution in [0.3, 0.4) is 0 Å². The topological polar surface area (TPSA) is 21.3 Å². The Morgan fingerprint density at radius 2 is 2.38 bits per heavy atom. The fraction of sp³-hybridized carbons (Fsp3) is 0.538. The summed E-state index contributed by atoms with van der Waals surface area (Å²) in [4.78, 5) is 0. The number of nitrogens with one attached hydrogen (secondary N) is 1. The van der Waals surface area contributed by atoms with Crippen molar-refractivity contribution in [2.75, 3.05) is 6.61 Å². The first-order valence-corrected chi connectivity index (χ1v) is 5.89. The van der Waals surface area contributed by atoms with Crippen molar-refractivity contribution in [1.82, 2.24) is 5.32 Å². The molecular formula is C13H18FNO. The van der Waals surface area contributed by atoms with Crippen LogP contribution in [0.1, 0.15) is 38.3 Å². The lowest BCUT2D eigenvalue weighted by atomic mass is 9.99. The molecule has 0 aliphatic carbocycles. The second-order valence-corrected chi connectivity index (χ2v) is 4.35. The molecule has 1 aliphatic heterocycles. The Bertz CT molecular complexity index is 367. The zero-order chi connectivity index (χ0) is 11.5. The van der Waals surface area contributed by atoms with E-state index in [1.807, 2.05) is 0 Å². The highest BCUT2D eigenvalue weighted by Crippen LogP contribution is 2.32. The van der Waals surface area contributed by atoms with Gasteiger partial charge in [0.2, 0.25) is 0 Å². The Hall–Kier alpha value is -1.09. The first-order valence-electron chi connectivity index (χ1n) is 5.89. The fourth-order valence-corrected chi connectivity index (χ4v) is 2.00. The van der Waals surface area contributed by atoms with Gasteiger partial charge in [-0.15, -0.1) is 0 Å². The molecule has 2 rings (SSSR count). The highest BCUT2D eigenvalue weighted by Gasteiger charge is 2.22. The Labute approximate surface area is 95.8 Å². The molecule has 0 saturated heterocycles. The van der Waals surface area contributed by atoms with Crippen LogP contribution in [0.4, 0.5) is 4.39 Å². The first-order chi connectivity index (χ1) is 7.70. The average Bonchev–Trinajstić information content (AvgIpc) is 2.29. The smallest absolute Gasteiger partial charge is 0.124 e. The minimum Gasteiger partial charge on any atom is -0.493 e. The average molecular weight is 223 g/mol. The molecule has 0 spiro atoms. The van der Waals surface area contributed by atoms with Crippen molar-refractivity contribution in [2.45, 2.75) is 38.8 Å². The van der Waals surface area contributed by atoms with Gasteiger partial charge < -0.3 is 10.1 Å². The van der Waals surface area contributed by atoms with Crippen molar-refractivity contribution < 1.29 is 9.13 Å². The molecule has 2 unspecified atom stereocenters. The molecule has 0 bridgehead atoms. The summed E-state index contributed by atoms with van der Waals surface area (Å²) in [5.74, 6) is 0.619. The molecule has 1 aromatic rings. The molecule has 1 aromatic carbocycles. The maximum atomic E-state index is 13.2. The van der Waals surface area contributed by atoms with Gasteiger partial charge in [0.1, 0.15) is 11.6 Å². The fourth-order valence-electron chi connectivity index (χ4n) is 2.00. The minimum atomic E-state index is -0.194. The van der Waals surface area contributed by atoms with Gasteiger partial charge in [0.05, 0.1) is 6.61 Å². The van der Waals surface area contributed by atoms with Gasteiger partial charge in [-0.2, -0.15) is 0 Å². The summed E-state index contributed by atoms with van der Waals surface area (Å²) in [7, 11) is 0. The molecule has 0 aromatic heterocycles. The lowest BCUT2D eigenvalue weighted by molar-refractivity contribution is 0.244. The van der Waals surface area contributed by atoms with Crippen LogP contribution < -0.4 is 10.1 Å². The lowest BCUT2D eigenvalue weighted by Gasteiger charge is -2.29. The summed E-state index contributed by atoms with van der Waals surface area (Å²) in [6.45, 7) is 4.99. The molecular weight excluding hydrogens is 205 g/mol. The highest BCUT2D eigenvalue weighted by atomic mass is 19.1. The molecule has 1 aliphatic rings. The third kappa shape index (κ3) is 2.35. The van der Waals surface area contributed by atoms with Crippen LogP contribution in [-0.4, -0.2) is 12.6 Å². The van der Waals surface area contributed by atoms with Crippen molar-refractivity contribution >= 4 is 0 Å². The molecule has 3 heteroatoms. The minimum absolute atomic E-state index is 0.194. The molecule has 0 saturated carbocycles. The SMILES string of the molecule is CCC(C)NC1CCOc2ccc(F)cc21. The van der Waals surface area contributed by atoms with E-state index in [-0.39, 0.29) is 11.9 Å². The van der Waals surface area contributed by atoms with Gasteiger partial charge in [0.15, 0.2) is 0 Å². The predicted octanol–water partition coefficient (Wildman–Crippen LogP) is 3.04. The Kier molecular flexibility index (Phi) is 3.44. The van der Waals surface area contributed by atoms with Crippen molar-refractivity contribution in [1.29, 1.82) is 0 Å². The van der Waals surface area contributed by atoms with E-state index in [9.17, 15) is 4.39 Å². The quantitative estimate of drug-likeness (QED) is 0.850. The number of halogens is 1. The maximum absolute atomic E-state index is 13.2. The Morgan fingerprint density at radius 1 is 1.56 bits per heavy atom. The van der Waals surface area contributed by atoms with Crippen molar-refractivity contribution in [2.24, 2.45) is 0 Å². The van der Waals surface area contributed by atoms with Crippen LogP contribution in [0.15, 0.2) is 18.2 Å². The summed E-state index contributed by atoms with van der Waals surface area (Å²) >= 11 is 0. The van der Waals surface area contributed by atoms with Crippen LogP contribution >= 0.6 is 0 Å². The summed E-state index contributed by atoms with van der Waals surface area (Å²) in [6, 6.07) is 5.40. The number of rotatable bonds is 3. The van der Waals surface area contributed by atoms with Crippen LogP contribution in [0, 0.1) is 5.82 Å². The standard InChI is InChI=1S/C13H18FNO/c1-3-9(2)15-12-6-7-16-13-5-4-10(14)8-11(12)13/h4-5,8-9,12,15H,3,6-7H2,1-2H3. The molecule has 2 nitrogen and oxygen atoms in total. The van der Waals surface area contributed by atoms with E-state index in [0.29, 0.717) is 12.6 Å². The molecule has 1 N–H and O–H groups in total. The van der Waals surface area contributed by atoms with Gasteiger partial charge >= 0.3 is 0 Å². The summed E-state index contributed by atoms with van der Waals surface area (Å²) < 4.78 is 18.7. The predicted molar refractivity (Wildman–Crippen MR) is 62.1 cm³/mol. The van der Waals surface area contributed by atoms with Gasteiger partial charge in [-0.3, -0.25) is 0 Å². The third-order valence-electron chi connectivity index (χ3n) is 3.11. The molecule has 1 heterocycles. The number of benzene rings is 1. The van der Waals surface area contributed by atoms with Crippen molar-refractivity contribution in [3.05, 3.63) is 29.6 Å². The molecule has 16 heavy (non-hydrogen) atoms. The number of fused-ring (bicyclic) bond motifs is 1. The molecule has 0 radical (unpaired) electrons. The van der Waals surface area contributed by atoms with E-state index in [1.54, 1.807) is 12.1 Å². The van der Waals surface area contributed by atoms with Gasteiger partial charge in [0, 0.05) is 24.1 Å². The number of hydrogen-bond acceptors (Lipinski definition) is 2. The Balaban J connectivity index is 2.21. The van der Waals surface area contributed by atoms with Crippen molar-refractivity contribution in [3.63, 3.8) is 0 Å². The van der Waals surface area contributed by atoms with Gasteiger partial charge in [-0.1, -0.05) is 6.92 Å². The van der Waals surface area contributed by atoms with Crippen LogP contribution in [0.2, 0.25) is 0 Å². The zero-order valence-corrected chi connectivity index (χ0v) is 9.79. The summed E-state index contributed by atoms with van der Waals surface area (Å²) in [6.07, 6.45) is 1.97. The van der Waals surface area contributed by atoms with Gasteiger partial charge in [-0.25, -0.2) is 4.39 Å². The van der Waals surface area contributed by atoms with E-state index in [4.69, 9.17) is 4.74 Å². The van der Waals surface area contributed by atoms with Crippen LogP contribution in [0.5, 0.6) is 5.75 Å². The number of hydrogen-bond donors (Lipinski definition) is 1. The van der Waals surface area contributed by atoms with Gasteiger partial charge in [0.25, 0.3) is 0 Å². The lowest BCUT2D eigenvalue weighted by Crippen LogP contribution is -2.33. The first kappa shape index (κ1) is 11.4. The van der Waals surface area contributed by atoms with E-state index >= 15 is 0 Å². The van der Waals surface area contributed by atoms with Crippen LogP contribution in [0.25, 0.3) is 0 Å². The largest absolute Gasteiger partial charge is 0.493 e. The monoisotopic (exact) mass is 223 g/mol. The second kappa shape index (κ2) is 4.83. The normalized spacial score (nSPS) is 21.1. The second-order valence-electron chi connectivity index (χ2n) is 4.35. The zero-order valence-electron chi connectivity index (χ0n) is 9.79. The molecule has 0 fully saturated rings. The van der Waals surface area contributed by atoms with E-state index in [1.165, 1.54) is 6.07 Å². The Morgan fingerprint density at radius 3 is 3.12 bits per heavy atom. The van der Waals surface area contributed by atoms with E-state index in [0.717, 1.165) is 24.2 Å².